The number of ether oxygens (including phenoxy) is 1. The highest BCUT2D eigenvalue weighted by atomic mass is 16.5. The zero-order valence-corrected chi connectivity index (χ0v) is 10.2. The fraction of sp³-hybridized carbons (Fsp3) is 0.583. The van der Waals surface area contributed by atoms with Gasteiger partial charge in [-0.25, -0.2) is 4.98 Å². The number of carboxylic acids is 1. The molecule has 2 heterocycles. The normalized spacial score (nSPS) is 16.8. The van der Waals surface area contributed by atoms with Crippen molar-refractivity contribution >= 4 is 11.8 Å². The minimum atomic E-state index is -0.813. The predicted octanol–water partition coefficient (Wildman–Crippen LogP) is 0.937. The summed E-state index contributed by atoms with van der Waals surface area (Å²) >= 11 is 0. The molecular formula is C12H17N3O3. The molecule has 98 valence electrons. The fourth-order valence-electron chi connectivity index (χ4n) is 2.02. The van der Waals surface area contributed by atoms with E-state index in [2.05, 4.69) is 14.9 Å². The van der Waals surface area contributed by atoms with Gasteiger partial charge in [-0.2, -0.15) is 0 Å². The lowest BCUT2D eigenvalue weighted by Crippen LogP contribution is -2.37. The van der Waals surface area contributed by atoms with Crippen LogP contribution in [0.15, 0.2) is 18.6 Å². The van der Waals surface area contributed by atoms with Crippen LogP contribution in [-0.2, 0) is 9.53 Å². The molecule has 1 aromatic heterocycles. The molecule has 0 atom stereocenters. The molecule has 2 rings (SSSR count). The lowest BCUT2D eigenvalue weighted by Gasteiger charge is -2.32. The van der Waals surface area contributed by atoms with Gasteiger partial charge in [0.05, 0.1) is 25.3 Å². The van der Waals surface area contributed by atoms with Crippen LogP contribution in [0.4, 0.5) is 5.82 Å². The summed E-state index contributed by atoms with van der Waals surface area (Å²) < 4.78 is 5.53. The predicted molar refractivity (Wildman–Crippen MR) is 65.5 cm³/mol. The van der Waals surface area contributed by atoms with E-state index in [4.69, 9.17) is 9.84 Å². The average Bonchev–Trinajstić information content (AvgIpc) is 2.40. The SMILES string of the molecule is O=C(O)CCOC1CCN(c2cnccn2)CC1. The van der Waals surface area contributed by atoms with Crippen LogP contribution in [0.2, 0.25) is 0 Å². The number of hydrogen-bond acceptors (Lipinski definition) is 5. The van der Waals surface area contributed by atoms with Crippen LogP contribution in [0.1, 0.15) is 19.3 Å². The molecule has 1 aliphatic heterocycles. The summed E-state index contributed by atoms with van der Waals surface area (Å²) in [6.45, 7) is 2.04. The van der Waals surface area contributed by atoms with E-state index in [0.29, 0.717) is 6.61 Å². The number of nitrogens with zero attached hydrogens (tertiary/aromatic N) is 3. The first-order valence-electron chi connectivity index (χ1n) is 6.10. The summed E-state index contributed by atoms with van der Waals surface area (Å²) in [6.07, 6.45) is 7.13. The summed E-state index contributed by atoms with van der Waals surface area (Å²) in [5.74, 6) is 0.0773. The van der Waals surface area contributed by atoms with Crippen molar-refractivity contribution in [2.45, 2.75) is 25.4 Å². The lowest BCUT2D eigenvalue weighted by molar-refractivity contribution is -0.138. The Balaban J connectivity index is 1.73. The number of anilines is 1. The number of hydrogen-bond donors (Lipinski definition) is 1. The smallest absolute Gasteiger partial charge is 0.305 e. The van der Waals surface area contributed by atoms with Crippen molar-refractivity contribution in [1.29, 1.82) is 0 Å². The van der Waals surface area contributed by atoms with Crippen molar-refractivity contribution in [1.82, 2.24) is 9.97 Å². The van der Waals surface area contributed by atoms with E-state index in [1.807, 2.05) is 0 Å². The minimum Gasteiger partial charge on any atom is -0.481 e. The van der Waals surface area contributed by atoms with E-state index >= 15 is 0 Å². The Bertz CT molecular complexity index is 377. The maximum absolute atomic E-state index is 10.4. The Morgan fingerprint density at radius 1 is 1.44 bits per heavy atom. The first kappa shape index (κ1) is 12.8. The lowest BCUT2D eigenvalue weighted by atomic mass is 10.1. The summed E-state index contributed by atoms with van der Waals surface area (Å²) in [6, 6.07) is 0. The number of piperidine rings is 1. The Morgan fingerprint density at radius 3 is 2.83 bits per heavy atom. The average molecular weight is 251 g/mol. The van der Waals surface area contributed by atoms with Crippen molar-refractivity contribution in [3.63, 3.8) is 0 Å². The van der Waals surface area contributed by atoms with Crippen LogP contribution in [0, 0.1) is 0 Å². The molecule has 6 nitrogen and oxygen atoms in total. The fourth-order valence-corrected chi connectivity index (χ4v) is 2.02. The summed E-state index contributed by atoms with van der Waals surface area (Å²) in [5, 5.41) is 8.53. The number of aliphatic carboxylic acids is 1. The molecule has 0 amide bonds. The van der Waals surface area contributed by atoms with Gasteiger partial charge in [-0.1, -0.05) is 0 Å². The van der Waals surface area contributed by atoms with Crippen LogP contribution in [-0.4, -0.2) is 46.8 Å². The molecule has 1 fully saturated rings. The minimum absolute atomic E-state index is 0.0738. The zero-order valence-electron chi connectivity index (χ0n) is 10.2. The molecule has 0 aromatic carbocycles. The Labute approximate surface area is 106 Å². The molecule has 0 radical (unpaired) electrons. The Hall–Kier alpha value is -1.69. The van der Waals surface area contributed by atoms with Crippen LogP contribution in [0.25, 0.3) is 0 Å². The van der Waals surface area contributed by atoms with E-state index < -0.39 is 5.97 Å². The molecule has 1 N–H and O–H groups in total. The summed E-state index contributed by atoms with van der Waals surface area (Å²) in [7, 11) is 0. The Morgan fingerprint density at radius 2 is 2.22 bits per heavy atom. The van der Waals surface area contributed by atoms with Gasteiger partial charge in [0.25, 0.3) is 0 Å². The van der Waals surface area contributed by atoms with Gasteiger partial charge in [0.1, 0.15) is 5.82 Å². The van der Waals surface area contributed by atoms with Crippen molar-refractivity contribution in [3.05, 3.63) is 18.6 Å². The molecule has 0 aliphatic carbocycles. The number of carbonyl (C=O) groups is 1. The van der Waals surface area contributed by atoms with Crippen LogP contribution >= 0.6 is 0 Å². The zero-order chi connectivity index (χ0) is 12.8. The van der Waals surface area contributed by atoms with E-state index in [0.717, 1.165) is 31.7 Å². The maximum atomic E-state index is 10.4. The third kappa shape index (κ3) is 3.66. The molecule has 1 aromatic rings. The molecule has 0 unspecified atom stereocenters. The quantitative estimate of drug-likeness (QED) is 0.839. The second kappa shape index (κ2) is 6.30. The van der Waals surface area contributed by atoms with Gasteiger partial charge in [-0.3, -0.25) is 9.78 Å². The largest absolute Gasteiger partial charge is 0.481 e. The van der Waals surface area contributed by atoms with Crippen molar-refractivity contribution in [2.75, 3.05) is 24.6 Å². The van der Waals surface area contributed by atoms with Gasteiger partial charge in [0, 0.05) is 25.5 Å². The van der Waals surface area contributed by atoms with Gasteiger partial charge in [0.2, 0.25) is 0 Å². The van der Waals surface area contributed by atoms with E-state index in [1.165, 1.54) is 0 Å². The summed E-state index contributed by atoms with van der Waals surface area (Å²) in [4.78, 5) is 20.9. The molecule has 1 aliphatic rings. The van der Waals surface area contributed by atoms with Crippen molar-refractivity contribution in [2.24, 2.45) is 0 Å². The number of carboxylic acid groups (broad SMARTS) is 1. The standard InChI is InChI=1S/C12H17N3O3/c16-12(17)3-8-18-10-1-6-15(7-2-10)11-9-13-4-5-14-11/h4-5,9-10H,1-3,6-8H2,(H,16,17). The molecular weight excluding hydrogens is 234 g/mol. The Kier molecular flexibility index (Phi) is 4.46. The second-order valence-corrected chi connectivity index (χ2v) is 4.26. The van der Waals surface area contributed by atoms with Crippen molar-refractivity contribution in [3.8, 4) is 0 Å². The molecule has 0 spiro atoms. The number of rotatable bonds is 5. The van der Waals surface area contributed by atoms with Gasteiger partial charge in [-0.15, -0.1) is 0 Å². The van der Waals surface area contributed by atoms with Crippen LogP contribution in [0.3, 0.4) is 0 Å². The maximum Gasteiger partial charge on any atom is 0.305 e. The molecule has 18 heavy (non-hydrogen) atoms. The molecule has 0 bridgehead atoms. The topological polar surface area (TPSA) is 75.6 Å². The highest BCUT2D eigenvalue weighted by molar-refractivity contribution is 5.66. The highest BCUT2D eigenvalue weighted by Crippen LogP contribution is 2.18. The molecule has 1 saturated heterocycles. The monoisotopic (exact) mass is 251 g/mol. The van der Waals surface area contributed by atoms with Gasteiger partial charge < -0.3 is 14.7 Å². The van der Waals surface area contributed by atoms with Crippen LogP contribution in [0.5, 0.6) is 0 Å². The third-order valence-electron chi connectivity index (χ3n) is 2.99. The molecule has 6 heteroatoms. The molecule has 0 saturated carbocycles. The van der Waals surface area contributed by atoms with Gasteiger partial charge in [0.15, 0.2) is 0 Å². The number of aromatic nitrogens is 2. The van der Waals surface area contributed by atoms with Crippen LogP contribution < -0.4 is 4.90 Å². The first-order chi connectivity index (χ1) is 8.75. The van der Waals surface area contributed by atoms with Gasteiger partial charge >= 0.3 is 5.97 Å². The van der Waals surface area contributed by atoms with E-state index in [9.17, 15) is 4.79 Å². The third-order valence-corrected chi connectivity index (χ3v) is 2.99. The summed E-state index contributed by atoms with van der Waals surface area (Å²) in [5.41, 5.74) is 0. The first-order valence-corrected chi connectivity index (χ1v) is 6.10. The van der Waals surface area contributed by atoms with E-state index in [-0.39, 0.29) is 12.5 Å². The van der Waals surface area contributed by atoms with Gasteiger partial charge in [-0.05, 0) is 12.8 Å². The highest BCUT2D eigenvalue weighted by Gasteiger charge is 2.20. The van der Waals surface area contributed by atoms with E-state index in [1.54, 1.807) is 18.6 Å². The van der Waals surface area contributed by atoms with Crippen molar-refractivity contribution < 1.29 is 14.6 Å². The second-order valence-electron chi connectivity index (χ2n) is 4.26.